The molecule has 3 heteroatoms. The van der Waals surface area contributed by atoms with E-state index >= 15 is 0 Å². The fraction of sp³-hybridized carbons (Fsp3) is 0.118. The Morgan fingerprint density at radius 2 is 1.90 bits per heavy atom. The van der Waals surface area contributed by atoms with Crippen LogP contribution in [0.2, 0.25) is 0 Å². The molecule has 1 aromatic heterocycles. The molecule has 0 N–H and O–H groups in total. The van der Waals surface area contributed by atoms with Crippen LogP contribution in [0.3, 0.4) is 0 Å². The summed E-state index contributed by atoms with van der Waals surface area (Å²) < 4.78 is 5.95. The third-order valence-electron chi connectivity index (χ3n) is 3.10. The van der Waals surface area contributed by atoms with E-state index in [-0.39, 0.29) is 0 Å². The van der Waals surface area contributed by atoms with Crippen LogP contribution in [-0.4, -0.2) is 4.98 Å². The first kappa shape index (κ1) is 12.9. The molecule has 0 aliphatic heterocycles. The first-order chi connectivity index (χ1) is 9.76. The second-order valence-corrected chi connectivity index (χ2v) is 4.96. The number of fused-ring (bicyclic) bond motifs is 1. The van der Waals surface area contributed by atoms with Crippen molar-refractivity contribution in [3.8, 4) is 11.6 Å². The monoisotopic (exact) mass is 283 g/mol. The Balaban J connectivity index is 2.10. The third-order valence-corrected chi connectivity index (χ3v) is 3.37. The van der Waals surface area contributed by atoms with Crippen LogP contribution in [-0.2, 0) is 5.88 Å². The number of hydrogen-bond donors (Lipinski definition) is 0. The van der Waals surface area contributed by atoms with Crippen LogP contribution in [0.5, 0.6) is 11.6 Å². The van der Waals surface area contributed by atoms with Gasteiger partial charge in [0.05, 0.1) is 11.6 Å². The van der Waals surface area contributed by atoms with Gasteiger partial charge in [0.2, 0.25) is 5.88 Å². The number of benzene rings is 2. The maximum Gasteiger partial charge on any atom is 0.227 e. The molecule has 0 fully saturated rings. The Bertz CT molecular complexity index is 755. The van der Waals surface area contributed by atoms with Crippen molar-refractivity contribution in [1.82, 2.24) is 4.98 Å². The molecule has 0 saturated carbocycles. The molecule has 1 heterocycles. The molecule has 100 valence electrons. The number of aromatic nitrogens is 1. The van der Waals surface area contributed by atoms with Gasteiger partial charge in [-0.3, -0.25) is 0 Å². The van der Waals surface area contributed by atoms with Crippen molar-refractivity contribution in [2.75, 3.05) is 0 Å². The predicted molar refractivity (Wildman–Crippen MR) is 82.6 cm³/mol. The quantitative estimate of drug-likeness (QED) is 0.626. The number of pyridine rings is 1. The molecule has 0 bridgehead atoms. The normalized spacial score (nSPS) is 10.7. The average molecular weight is 284 g/mol. The van der Waals surface area contributed by atoms with Gasteiger partial charge in [-0.2, -0.15) is 0 Å². The number of nitrogens with zero attached hydrogens (tertiary/aromatic N) is 1. The molecule has 3 aromatic rings. The zero-order chi connectivity index (χ0) is 13.9. The number of aryl methyl sites for hydroxylation is 1. The minimum atomic E-state index is 0.370. The topological polar surface area (TPSA) is 22.1 Å². The molecule has 0 spiro atoms. The van der Waals surface area contributed by atoms with E-state index in [4.69, 9.17) is 16.3 Å². The predicted octanol–water partition coefficient (Wildman–Crippen LogP) is 5.07. The van der Waals surface area contributed by atoms with Crippen LogP contribution in [0.1, 0.15) is 11.3 Å². The highest BCUT2D eigenvalue weighted by atomic mass is 35.5. The average Bonchev–Trinajstić information content (AvgIpc) is 2.47. The number of halogens is 1. The minimum absolute atomic E-state index is 0.370. The van der Waals surface area contributed by atoms with E-state index in [0.29, 0.717) is 11.8 Å². The molecule has 2 nitrogen and oxygen atoms in total. The maximum atomic E-state index is 5.95. The second-order valence-electron chi connectivity index (χ2n) is 4.69. The van der Waals surface area contributed by atoms with E-state index < -0.39 is 0 Å². The molecule has 0 saturated heterocycles. The lowest BCUT2D eigenvalue weighted by molar-refractivity contribution is 0.467. The zero-order valence-electron chi connectivity index (χ0n) is 11.1. The van der Waals surface area contributed by atoms with E-state index in [1.54, 1.807) is 0 Å². The van der Waals surface area contributed by atoms with Gasteiger partial charge in [0, 0.05) is 5.39 Å². The van der Waals surface area contributed by atoms with Crippen molar-refractivity contribution in [1.29, 1.82) is 0 Å². The summed E-state index contributed by atoms with van der Waals surface area (Å²) in [4.78, 5) is 4.49. The Kier molecular flexibility index (Phi) is 3.57. The summed E-state index contributed by atoms with van der Waals surface area (Å²) in [6.45, 7) is 2.04. The lowest BCUT2D eigenvalue weighted by atomic mass is 10.1. The Morgan fingerprint density at radius 3 is 2.70 bits per heavy atom. The van der Waals surface area contributed by atoms with E-state index in [1.807, 2.05) is 61.5 Å². The molecule has 0 radical (unpaired) electrons. The molecule has 3 rings (SSSR count). The van der Waals surface area contributed by atoms with Crippen LogP contribution >= 0.6 is 11.6 Å². The van der Waals surface area contributed by atoms with Gasteiger partial charge in [-0.15, -0.1) is 11.6 Å². The van der Waals surface area contributed by atoms with Crippen molar-refractivity contribution < 1.29 is 4.74 Å². The largest absolute Gasteiger partial charge is 0.438 e. The lowest BCUT2D eigenvalue weighted by Gasteiger charge is -2.10. The lowest BCUT2D eigenvalue weighted by Crippen LogP contribution is -1.94. The van der Waals surface area contributed by atoms with Gasteiger partial charge >= 0.3 is 0 Å². The van der Waals surface area contributed by atoms with Crippen molar-refractivity contribution in [2.45, 2.75) is 12.8 Å². The number of ether oxygens (including phenoxy) is 1. The Morgan fingerprint density at radius 1 is 1.05 bits per heavy atom. The second kappa shape index (κ2) is 5.51. The first-order valence-corrected chi connectivity index (χ1v) is 6.99. The molecule has 0 aliphatic rings. The maximum absolute atomic E-state index is 5.95. The van der Waals surface area contributed by atoms with Crippen LogP contribution in [0.25, 0.3) is 10.8 Å². The van der Waals surface area contributed by atoms with Crippen molar-refractivity contribution >= 4 is 22.4 Å². The highest BCUT2D eigenvalue weighted by molar-refractivity contribution is 6.17. The molecule has 20 heavy (non-hydrogen) atoms. The molecule has 0 unspecified atom stereocenters. The van der Waals surface area contributed by atoms with Gasteiger partial charge < -0.3 is 4.74 Å². The van der Waals surface area contributed by atoms with E-state index in [9.17, 15) is 0 Å². The summed E-state index contributed by atoms with van der Waals surface area (Å²) in [7, 11) is 0. The van der Waals surface area contributed by atoms with Crippen molar-refractivity contribution in [2.24, 2.45) is 0 Å². The van der Waals surface area contributed by atoms with Crippen molar-refractivity contribution in [3.05, 3.63) is 65.9 Å². The number of alkyl halides is 1. The standard InChI is InChI=1S/C17H14ClNO/c1-12-5-4-7-15(9-12)20-17-16-8-3-2-6-13(16)10-14(11-18)19-17/h2-10H,11H2,1H3. The van der Waals surface area contributed by atoms with Crippen molar-refractivity contribution in [3.63, 3.8) is 0 Å². The van der Waals surface area contributed by atoms with E-state index in [1.165, 1.54) is 0 Å². The number of hydrogen-bond acceptors (Lipinski definition) is 2. The van der Waals surface area contributed by atoms with Gasteiger partial charge in [-0.25, -0.2) is 4.98 Å². The zero-order valence-corrected chi connectivity index (χ0v) is 11.9. The smallest absolute Gasteiger partial charge is 0.227 e. The highest BCUT2D eigenvalue weighted by Crippen LogP contribution is 2.29. The van der Waals surface area contributed by atoms with Gasteiger partial charge in [-0.05, 0) is 42.1 Å². The molecule has 2 aromatic carbocycles. The summed E-state index contributed by atoms with van der Waals surface area (Å²) in [5.74, 6) is 1.76. The molecule has 0 amide bonds. The van der Waals surface area contributed by atoms with Crippen LogP contribution in [0, 0.1) is 6.92 Å². The van der Waals surface area contributed by atoms with Gasteiger partial charge in [0.1, 0.15) is 5.75 Å². The van der Waals surface area contributed by atoms with Crippen LogP contribution < -0.4 is 4.74 Å². The summed E-state index contributed by atoms with van der Waals surface area (Å²) >= 11 is 5.91. The molecule has 0 aliphatic carbocycles. The summed E-state index contributed by atoms with van der Waals surface area (Å²) in [6, 6.07) is 17.9. The van der Waals surface area contributed by atoms with Crippen LogP contribution in [0.4, 0.5) is 0 Å². The molecular weight excluding hydrogens is 270 g/mol. The van der Waals surface area contributed by atoms with Gasteiger partial charge in [0.15, 0.2) is 0 Å². The molecular formula is C17H14ClNO. The fourth-order valence-electron chi connectivity index (χ4n) is 2.16. The SMILES string of the molecule is Cc1cccc(Oc2nc(CCl)cc3ccccc23)c1. The summed E-state index contributed by atoms with van der Waals surface area (Å²) in [5, 5.41) is 2.07. The summed E-state index contributed by atoms with van der Waals surface area (Å²) in [6.07, 6.45) is 0. The van der Waals surface area contributed by atoms with E-state index in [2.05, 4.69) is 4.98 Å². The fourth-order valence-corrected chi connectivity index (χ4v) is 2.29. The van der Waals surface area contributed by atoms with Crippen LogP contribution in [0.15, 0.2) is 54.6 Å². The highest BCUT2D eigenvalue weighted by Gasteiger charge is 2.08. The van der Waals surface area contributed by atoms with Gasteiger partial charge in [-0.1, -0.05) is 30.3 Å². The summed E-state index contributed by atoms with van der Waals surface area (Å²) in [5.41, 5.74) is 1.97. The molecule has 0 atom stereocenters. The first-order valence-electron chi connectivity index (χ1n) is 6.45. The Hall–Kier alpha value is -2.06. The number of rotatable bonds is 3. The Labute approximate surface area is 123 Å². The van der Waals surface area contributed by atoms with Gasteiger partial charge in [0.25, 0.3) is 0 Å². The van der Waals surface area contributed by atoms with E-state index in [0.717, 1.165) is 27.8 Å². The third kappa shape index (κ3) is 2.61. The minimum Gasteiger partial charge on any atom is -0.438 e.